The molecule has 0 aromatic heterocycles. The third-order valence-corrected chi connectivity index (χ3v) is 2.02. The minimum absolute atomic E-state index is 0. The number of hydrogen-bond acceptors (Lipinski definition) is 2. The molecule has 0 aliphatic heterocycles. The number of unbranched alkanes of at least 4 members (excludes halogenated alkanes) is 1. The van der Waals surface area contributed by atoms with Gasteiger partial charge in [-0.3, -0.25) is 0 Å². The molecule has 78 valence electrons. The highest BCUT2D eigenvalue weighted by Gasteiger charge is 2.00. The average molecular weight is 195 g/mol. The molecule has 0 saturated carbocycles. The number of benzene rings is 1. The maximum absolute atomic E-state index is 10.5. The predicted molar refractivity (Wildman–Crippen MR) is 57.0 cm³/mol. The maximum atomic E-state index is 10.5. The molecule has 0 spiro atoms. The van der Waals surface area contributed by atoms with Crippen LogP contribution in [0.5, 0.6) is 0 Å². The van der Waals surface area contributed by atoms with Gasteiger partial charge in [0.2, 0.25) is 0 Å². The summed E-state index contributed by atoms with van der Waals surface area (Å²) in [7, 11) is 0. The van der Waals surface area contributed by atoms with E-state index in [-0.39, 0.29) is 6.15 Å². The lowest BCUT2D eigenvalue weighted by molar-refractivity contribution is 0.0697. The molecule has 1 rings (SSSR count). The molecule has 3 nitrogen and oxygen atoms in total. The van der Waals surface area contributed by atoms with Gasteiger partial charge in [0.05, 0.1) is 5.56 Å². The van der Waals surface area contributed by atoms with Gasteiger partial charge in [0.25, 0.3) is 0 Å². The molecule has 4 N–H and O–H groups in total. The van der Waals surface area contributed by atoms with Gasteiger partial charge in [-0.25, -0.2) is 4.79 Å². The van der Waals surface area contributed by atoms with Crippen molar-refractivity contribution in [2.24, 2.45) is 0 Å². The van der Waals surface area contributed by atoms with Crippen molar-refractivity contribution < 1.29 is 9.90 Å². The van der Waals surface area contributed by atoms with Crippen molar-refractivity contribution in [1.82, 2.24) is 6.15 Å². The third kappa shape index (κ3) is 3.58. The fourth-order valence-electron chi connectivity index (χ4n) is 1.19. The van der Waals surface area contributed by atoms with E-state index in [0.717, 1.165) is 12.8 Å². The Bertz CT molecular complexity index is 280. The molecular weight excluding hydrogens is 178 g/mol. The Labute approximate surface area is 84.3 Å². The Morgan fingerprint density at radius 2 is 1.86 bits per heavy atom. The molecular formula is C11H17NO2. The normalized spacial score (nSPS) is 9.21. The van der Waals surface area contributed by atoms with E-state index in [1.165, 1.54) is 12.0 Å². The molecule has 0 atom stereocenters. The Balaban J connectivity index is 0.00000169. The van der Waals surface area contributed by atoms with E-state index in [2.05, 4.69) is 6.92 Å². The zero-order valence-corrected chi connectivity index (χ0v) is 8.49. The highest BCUT2D eigenvalue weighted by atomic mass is 16.4. The highest BCUT2D eigenvalue weighted by molar-refractivity contribution is 5.87. The van der Waals surface area contributed by atoms with Gasteiger partial charge in [-0.05, 0) is 30.5 Å². The van der Waals surface area contributed by atoms with Gasteiger partial charge < -0.3 is 11.3 Å². The van der Waals surface area contributed by atoms with Crippen LogP contribution in [0.3, 0.4) is 0 Å². The second kappa shape index (κ2) is 6.16. The summed E-state index contributed by atoms with van der Waals surface area (Å²) in [6.45, 7) is 2.14. The van der Waals surface area contributed by atoms with E-state index in [9.17, 15) is 4.79 Å². The Morgan fingerprint density at radius 3 is 2.29 bits per heavy atom. The quantitative estimate of drug-likeness (QED) is 0.775. The molecule has 0 unspecified atom stereocenters. The van der Waals surface area contributed by atoms with Crippen LogP contribution in [0.1, 0.15) is 35.7 Å². The number of carbonyl (C=O) groups is 1. The zero-order valence-electron chi connectivity index (χ0n) is 8.49. The van der Waals surface area contributed by atoms with Crippen LogP contribution >= 0.6 is 0 Å². The largest absolute Gasteiger partial charge is 0.478 e. The van der Waals surface area contributed by atoms with Crippen LogP contribution in [0.2, 0.25) is 0 Å². The average Bonchev–Trinajstić information content (AvgIpc) is 2.15. The van der Waals surface area contributed by atoms with Crippen molar-refractivity contribution in [2.75, 3.05) is 0 Å². The topological polar surface area (TPSA) is 72.3 Å². The summed E-state index contributed by atoms with van der Waals surface area (Å²) in [6.07, 6.45) is 3.36. The summed E-state index contributed by atoms with van der Waals surface area (Å²) in [5.74, 6) is -0.859. The van der Waals surface area contributed by atoms with E-state index in [0.29, 0.717) is 5.56 Å². The van der Waals surface area contributed by atoms with E-state index in [4.69, 9.17) is 5.11 Å². The second-order valence-electron chi connectivity index (χ2n) is 3.11. The molecule has 1 aromatic rings. The lowest BCUT2D eigenvalue weighted by Crippen LogP contribution is -1.95. The van der Waals surface area contributed by atoms with Crippen molar-refractivity contribution in [1.29, 1.82) is 0 Å². The first-order valence-electron chi connectivity index (χ1n) is 4.56. The van der Waals surface area contributed by atoms with Crippen LogP contribution in [0.15, 0.2) is 24.3 Å². The van der Waals surface area contributed by atoms with Gasteiger partial charge in [0, 0.05) is 0 Å². The predicted octanol–water partition coefficient (Wildman–Crippen LogP) is 2.89. The first kappa shape index (κ1) is 12.7. The van der Waals surface area contributed by atoms with Crippen molar-refractivity contribution >= 4 is 5.97 Å². The monoisotopic (exact) mass is 195 g/mol. The SMILES string of the molecule is CCCCc1ccc(C(=O)O)cc1.N. The summed E-state index contributed by atoms with van der Waals surface area (Å²) in [5.41, 5.74) is 1.58. The lowest BCUT2D eigenvalue weighted by atomic mass is 10.1. The number of rotatable bonds is 4. The summed E-state index contributed by atoms with van der Waals surface area (Å²) in [4.78, 5) is 10.5. The van der Waals surface area contributed by atoms with E-state index < -0.39 is 5.97 Å². The van der Waals surface area contributed by atoms with Gasteiger partial charge in [0.15, 0.2) is 0 Å². The second-order valence-corrected chi connectivity index (χ2v) is 3.11. The Morgan fingerprint density at radius 1 is 1.29 bits per heavy atom. The molecule has 0 saturated heterocycles. The van der Waals surface area contributed by atoms with Crippen molar-refractivity contribution in [3.8, 4) is 0 Å². The molecule has 0 fully saturated rings. The first-order valence-corrected chi connectivity index (χ1v) is 4.56. The van der Waals surface area contributed by atoms with Crippen LogP contribution in [0.25, 0.3) is 0 Å². The minimum atomic E-state index is -0.859. The fraction of sp³-hybridized carbons (Fsp3) is 0.364. The molecule has 14 heavy (non-hydrogen) atoms. The van der Waals surface area contributed by atoms with E-state index in [1.807, 2.05) is 12.1 Å². The summed E-state index contributed by atoms with van der Waals surface area (Å²) < 4.78 is 0. The lowest BCUT2D eigenvalue weighted by Gasteiger charge is -1.99. The van der Waals surface area contributed by atoms with Crippen molar-refractivity contribution in [3.05, 3.63) is 35.4 Å². The third-order valence-electron chi connectivity index (χ3n) is 2.02. The van der Waals surface area contributed by atoms with Crippen LogP contribution < -0.4 is 6.15 Å². The molecule has 0 aliphatic carbocycles. The Hall–Kier alpha value is -1.35. The van der Waals surface area contributed by atoms with Gasteiger partial charge in [-0.15, -0.1) is 0 Å². The van der Waals surface area contributed by atoms with Crippen LogP contribution in [-0.4, -0.2) is 11.1 Å². The Kier molecular flexibility index (Phi) is 5.56. The number of aryl methyl sites for hydroxylation is 1. The summed E-state index contributed by atoms with van der Waals surface area (Å²) in [6, 6.07) is 7.10. The molecule has 0 bridgehead atoms. The van der Waals surface area contributed by atoms with Gasteiger partial charge in [0.1, 0.15) is 0 Å². The van der Waals surface area contributed by atoms with Gasteiger partial charge >= 0.3 is 5.97 Å². The molecule has 0 heterocycles. The number of hydrogen-bond donors (Lipinski definition) is 2. The fourth-order valence-corrected chi connectivity index (χ4v) is 1.19. The number of aromatic carboxylic acids is 1. The first-order chi connectivity index (χ1) is 6.24. The van der Waals surface area contributed by atoms with Crippen LogP contribution in [-0.2, 0) is 6.42 Å². The van der Waals surface area contributed by atoms with Crippen LogP contribution in [0.4, 0.5) is 0 Å². The molecule has 0 amide bonds. The van der Waals surface area contributed by atoms with Gasteiger partial charge in [-0.1, -0.05) is 25.5 Å². The standard InChI is InChI=1S/C11H14O2.H3N/c1-2-3-4-9-5-7-10(8-6-9)11(12)13;/h5-8H,2-4H2,1H3,(H,12,13);1H3. The van der Waals surface area contributed by atoms with Gasteiger partial charge in [-0.2, -0.15) is 0 Å². The molecule has 0 radical (unpaired) electrons. The van der Waals surface area contributed by atoms with Crippen molar-refractivity contribution in [2.45, 2.75) is 26.2 Å². The molecule has 0 aliphatic rings. The molecule has 1 aromatic carbocycles. The summed E-state index contributed by atoms with van der Waals surface area (Å²) >= 11 is 0. The highest BCUT2D eigenvalue weighted by Crippen LogP contribution is 2.07. The molecule has 3 heteroatoms. The number of carboxylic acids is 1. The smallest absolute Gasteiger partial charge is 0.335 e. The minimum Gasteiger partial charge on any atom is -0.478 e. The number of carboxylic acid groups (broad SMARTS) is 1. The summed E-state index contributed by atoms with van der Waals surface area (Å²) in [5, 5.41) is 8.65. The maximum Gasteiger partial charge on any atom is 0.335 e. The zero-order chi connectivity index (χ0) is 9.68. The van der Waals surface area contributed by atoms with Crippen molar-refractivity contribution in [3.63, 3.8) is 0 Å². The van der Waals surface area contributed by atoms with Crippen LogP contribution in [0, 0.1) is 0 Å². The van der Waals surface area contributed by atoms with E-state index >= 15 is 0 Å². The van der Waals surface area contributed by atoms with E-state index in [1.54, 1.807) is 12.1 Å².